The Kier molecular flexibility index (Phi) is 13.7. The molecule has 4 fully saturated rings. The van der Waals surface area contributed by atoms with Gasteiger partial charge in [0.05, 0.1) is 27.9 Å². The fourth-order valence-corrected chi connectivity index (χ4v) is 10.4. The smallest absolute Gasteiger partial charge is 0.328 e. The number of rotatable bonds is 13. The van der Waals surface area contributed by atoms with Crippen molar-refractivity contribution in [1.82, 2.24) is 25.0 Å². The van der Waals surface area contributed by atoms with Crippen molar-refractivity contribution in [3.05, 3.63) is 94.1 Å². The first-order valence-corrected chi connectivity index (χ1v) is 23.4. The van der Waals surface area contributed by atoms with Crippen LogP contribution in [0.4, 0.5) is 10.5 Å². The molecule has 4 aliphatic rings. The SMILES string of the molecule is CC(C)n1ccc2c(N3CCC(=O)NC3=O)cc(C(=O)N3CCC4(CCCN(CCCCCc5ccc(C(=O)N[C@H]6CC[C@H](Oc7ccc(C#N)c(Cl)c7)CC6)cc5)C4)CC3)cc21. The van der Waals surface area contributed by atoms with E-state index in [9.17, 15) is 19.2 Å². The summed E-state index contributed by atoms with van der Waals surface area (Å²) in [4.78, 5) is 58.3. The number of carbonyl (C=O) groups excluding carboxylic acids is 4. The maximum Gasteiger partial charge on any atom is 0.328 e. The molecular formula is C50H60ClN7O5. The van der Waals surface area contributed by atoms with Gasteiger partial charge in [0.2, 0.25) is 5.91 Å². The monoisotopic (exact) mass is 873 g/mol. The molecule has 5 amide bonds. The van der Waals surface area contributed by atoms with Gasteiger partial charge in [0.15, 0.2) is 0 Å². The number of amides is 5. The lowest BCUT2D eigenvalue weighted by Gasteiger charge is -2.48. The van der Waals surface area contributed by atoms with E-state index in [1.54, 1.807) is 23.1 Å². The number of benzene rings is 3. The first-order chi connectivity index (χ1) is 30.5. The number of nitrogens with zero attached hydrogens (tertiary/aromatic N) is 5. The van der Waals surface area contributed by atoms with Crippen LogP contribution in [0.1, 0.15) is 129 Å². The molecule has 1 aliphatic carbocycles. The fourth-order valence-electron chi connectivity index (χ4n) is 10.2. The molecule has 4 aromatic rings. The molecule has 0 atom stereocenters. The average Bonchev–Trinajstić information content (AvgIpc) is 3.72. The molecule has 1 aromatic heterocycles. The van der Waals surface area contributed by atoms with E-state index in [-0.39, 0.29) is 54.3 Å². The van der Waals surface area contributed by atoms with Gasteiger partial charge in [-0.3, -0.25) is 24.6 Å². The Morgan fingerprint density at radius 3 is 2.41 bits per heavy atom. The first-order valence-electron chi connectivity index (χ1n) is 23.0. The molecular weight excluding hydrogens is 814 g/mol. The number of anilines is 1. The molecule has 2 N–H and O–H groups in total. The van der Waals surface area contributed by atoms with Crippen LogP contribution in [-0.2, 0) is 11.2 Å². The zero-order valence-corrected chi connectivity index (χ0v) is 37.4. The normalized spacial score (nSPS) is 20.5. The van der Waals surface area contributed by atoms with Crippen molar-refractivity contribution in [3.63, 3.8) is 0 Å². The number of nitriles is 1. The van der Waals surface area contributed by atoms with Gasteiger partial charge in [-0.05, 0) is 151 Å². The van der Waals surface area contributed by atoms with Gasteiger partial charge in [-0.1, -0.05) is 30.2 Å². The van der Waals surface area contributed by atoms with Gasteiger partial charge in [-0.2, -0.15) is 5.26 Å². The van der Waals surface area contributed by atoms with E-state index >= 15 is 0 Å². The summed E-state index contributed by atoms with van der Waals surface area (Å²) >= 11 is 6.17. The second-order valence-corrected chi connectivity index (χ2v) is 18.9. The summed E-state index contributed by atoms with van der Waals surface area (Å²) in [5.41, 5.74) is 4.77. The second kappa shape index (κ2) is 19.6. The second-order valence-electron chi connectivity index (χ2n) is 18.5. The summed E-state index contributed by atoms with van der Waals surface area (Å²) in [7, 11) is 0. The molecule has 3 aliphatic heterocycles. The number of unbranched alkanes of at least 4 members (excludes halogenated alkanes) is 2. The number of imide groups is 1. The highest BCUT2D eigenvalue weighted by molar-refractivity contribution is 6.31. The zero-order chi connectivity index (χ0) is 44.1. The largest absolute Gasteiger partial charge is 0.490 e. The van der Waals surface area contributed by atoms with Crippen LogP contribution in [0.2, 0.25) is 5.02 Å². The number of urea groups is 1. The number of halogens is 1. The van der Waals surface area contributed by atoms with E-state index in [0.29, 0.717) is 33.1 Å². The van der Waals surface area contributed by atoms with Crippen LogP contribution < -0.4 is 20.3 Å². The summed E-state index contributed by atoms with van der Waals surface area (Å²) in [5, 5.41) is 16.1. The van der Waals surface area contributed by atoms with Crippen molar-refractivity contribution in [2.45, 2.75) is 116 Å². The van der Waals surface area contributed by atoms with E-state index in [2.05, 4.69) is 52.2 Å². The standard InChI is InChI=1S/C50H60ClN7O5/c1-34(2)57-25-18-42-44(57)29-38(30-45(42)58-26-19-46(59)54-49(58)62)48(61)56-27-21-50(22-28-56)20-6-24-55(33-50)23-5-3-4-7-35-8-10-36(11-9-35)47(60)53-39-13-16-40(17-14-39)63-41-15-12-37(32-52)43(51)31-41/h8-12,15,18,25,29-31,34,39-40H,3-7,13-14,16-17,19-24,26-28,33H2,1-2H3,(H,53,60)(H,54,59,62)/t39-,40-. The first kappa shape index (κ1) is 44.2. The Morgan fingerprint density at radius 1 is 0.921 bits per heavy atom. The van der Waals surface area contributed by atoms with Crippen LogP contribution in [0.25, 0.3) is 10.9 Å². The average molecular weight is 875 g/mol. The van der Waals surface area contributed by atoms with Crippen LogP contribution in [0.3, 0.4) is 0 Å². The van der Waals surface area contributed by atoms with Crippen molar-refractivity contribution in [2.24, 2.45) is 5.41 Å². The van der Waals surface area contributed by atoms with Crippen LogP contribution >= 0.6 is 11.6 Å². The number of fused-ring (bicyclic) bond motifs is 1. The van der Waals surface area contributed by atoms with Crippen molar-refractivity contribution in [2.75, 3.05) is 44.2 Å². The number of piperidine rings is 2. The van der Waals surface area contributed by atoms with Gasteiger partial charge in [-0.15, -0.1) is 0 Å². The zero-order valence-electron chi connectivity index (χ0n) is 36.7. The topological polar surface area (TPSA) is 140 Å². The van der Waals surface area contributed by atoms with E-state index in [1.807, 2.05) is 41.4 Å². The van der Waals surface area contributed by atoms with Crippen LogP contribution in [-0.4, -0.2) is 89.5 Å². The molecule has 332 valence electrons. The Labute approximate surface area is 375 Å². The van der Waals surface area contributed by atoms with Gasteiger partial charge >= 0.3 is 6.03 Å². The van der Waals surface area contributed by atoms with E-state index in [4.69, 9.17) is 21.6 Å². The Hall–Kier alpha value is -5.38. The number of aryl methyl sites for hydroxylation is 1. The molecule has 3 aromatic carbocycles. The van der Waals surface area contributed by atoms with E-state index < -0.39 is 6.03 Å². The molecule has 1 saturated carbocycles. The molecule has 4 heterocycles. The lowest BCUT2D eigenvalue weighted by Crippen LogP contribution is -2.51. The third-order valence-electron chi connectivity index (χ3n) is 13.8. The van der Waals surface area contributed by atoms with Crippen molar-refractivity contribution in [3.8, 4) is 11.8 Å². The lowest BCUT2D eigenvalue weighted by molar-refractivity contribution is -0.120. The highest BCUT2D eigenvalue weighted by Gasteiger charge is 2.39. The molecule has 0 bridgehead atoms. The molecule has 13 heteroatoms. The molecule has 0 radical (unpaired) electrons. The summed E-state index contributed by atoms with van der Waals surface area (Å²) in [6, 6.07) is 20.9. The molecule has 0 unspecified atom stereocenters. The summed E-state index contributed by atoms with van der Waals surface area (Å²) in [5.74, 6) is 0.353. The molecule has 63 heavy (non-hydrogen) atoms. The Bertz CT molecular complexity index is 2350. The number of hydrogen-bond donors (Lipinski definition) is 2. The van der Waals surface area contributed by atoms with Crippen molar-refractivity contribution in [1.29, 1.82) is 5.26 Å². The van der Waals surface area contributed by atoms with E-state index in [0.717, 1.165) is 108 Å². The predicted octanol–water partition coefficient (Wildman–Crippen LogP) is 9.04. The number of likely N-dealkylation sites (tertiary alicyclic amines) is 2. The van der Waals surface area contributed by atoms with Gasteiger partial charge in [0, 0.05) is 73.5 Å². The number of carbonyl (C=O) groups is 4. The number of nitrogens with one attached hydrogen (secondary N) is 2. The van der Waals surface area contributed by atoms with Gasteiger partial charge in [-0.25, -0.2) is 4.79 Å². The summed E-state index contributed by atoms with van der Waals surface area (Å²) < 4.78 is 8.24. The van der Waals surface area contributed by atoms with Gasteiger partial charge in [0.1, 0.15) is 11.8 Å². The Balaban J connectivity index is 0.756. The summed E-state index contributed by atoms with van der Waals surface area (Å²) in [6.07, 6.45) is 14.4. The lowest BCUT2D eigenvalue weighted by atomic mass is 9.72. The highest BCUT2D eigenvalue weighted by Crippen LogP contribution is 2.41. The van der Waals surface area contributed by atoms with Crippen LogP contribution in [0, 0.1) is 16.7 Å². The van der Waals surface area contributed by atoms with Gasteiger partial charge < -0.3 is 24.4 Å². The van der Waals surface area contributed by atoms with Crippen molar-refractivity contribution < 1.29 is 23.9 Å². The molecule has 12 nitrogen and oxygen atoms in total. The highest BCUT2D eigenvalue weighted by atomic mass is 35.5. The fraction of sp³-hybridized carbons (Fsp3) is 0.500. The van der Waals surface area contributed by atoms with Crippen molar-refractivity contribution >= 4 is 51.9 Å². The molecule has 3 saturated heterocycles. The number of ether oxygens (including phenoxy) is 1. The quantitative estimate of drug-likeness (QED) is 0.128. The maximum absolute atomic E-state index is 14.2. The summed E-state index contributed by atoms with van der Waals surface area (Å²) in [6.45, 7) is 9.24. The van der Waals surface area contributed by atoms with Crippen LogP contribution in [0.5, 0.6) is 5.75 Å². The minimum atomic E-state index is -0.447. The molecule has 1 spiro atoms. The number of hydrogen-bond acceptors (Lipinski definition) is 7. The molecule has 8 rings (SSSR count). The minimum absolute atomic E-state index is 0.00220. The van der Waals surface area contributed by atoms with Crippen LogP contribution in [0.15, 0.2) is 66.9 Å². The Morgan fingerprint density at radius 2 is 1.70 bits per heavy atom. The predicted molar refractivity (Wildman–Crippen MR) is 245 cm³/mol. The van der Waals surface area contributed by atoms with Gasteiger partial charge in [0.25, 0.3) is 11.8 Å². The number of aromatic nitrogens is 1. The maximum atomic E-state index is 14.2. The third kappa shape index (κ3) is 10.4. The van der Waals surface area contributed by atoms with E-state index in [1.165, 1.54) is 18.4 Å². The third-order valence-corrected chi connectivity index (χ3v) is 14.2. The minimum Gasteiger partial charge on any atom is -0.490 e.